The Balaban J connectivity index is 1.24. The van der Waals surface area contributed by atoms with Crippen LogP contribution in [0.4, 0.5) is 29.7 Å². The second-order valence-electron chi connectivity index (χ2n) is 12.9. The maximum absolute atomic E-state index is 13.1. The first-order valence-corrected chi connectivity index (χ1v) is 15.7. The minimum atomic E-state index is -4.48. The molecule has 0 radical (unpaired) electrons. The summed E-state index contributed by atoms with van der Waals surface area (Å²) in [6.07, 6.45) is 0.799. The summed E-state index contributed by atoms with van der Waals surface area (Å²) in [5.41, 5.74) is 2.39. The van der Waals surface area contributed by atoms with E-state index in [2.05, 4.69) is 33.0 Å². The summed E-state index contributed by atoms with van der Waals surface area (Å²) < 4.78 is 46.2. The molecule has 250 valence electrons. The summed E-state index contributed by atoms with van der Waals surface area (Å²) in [7, 11) is 1.76. The fraction of sp³-hybridized carbons (Fsp3) is 0.441. The Bertz CT molecular complexity index is 1760. The number of aryl methyl sites for hydroxylation is 2. The number of carbonyl (C=O) groups excluding carboxylic acids is 2. The fourth-order valence-corrected chi connectivity index (χ4v) is 5.77. The van der Waals surface area contributed by atoms with E-state index in [0.717, 1.165) is 72.0 Å². The molecule has 1 fully saturated rings. The van der Waals surface area contributed by atoms with Crippen LogP contribution in [-0.4, -0.2) is 49.4 Å². The van der Waals surface area contributed by atoms with Crippen LogP contribution in [0.5, 0.6) is 0 Å². The van der Waals surface area contributed by atoms with E-state index in [9.17, 15) is 22.8 Å². The lowest BCUT2D eigenvalue weighted by Gasteiger charge is -2.30. The second kappa shape index (κ2) is 13.6. The molecule has 2 aromatic heterocycles. The number of alkyl halides is 3. The molecule has 0 spiro atoms. The Morgan fingerprint density at radius 1 is 1.02 bits per heavy atom. The van der Waals surface area contributed by atoms with Gasteiger partial charge in [-0.1, -0.05) is 25.1 Å². The van der Waals surface area contributed by atoms with Gasteiger partial charge in [-0.3, -0.25) is 9.48 Å². The Hall–Kier alpha value is -4.68. The third kappa shape index (κ3) is 8.78. The van der Waals surface area contributed by atoms with E-state index in [1.54, 1.807) is 24.0 Å². The van der Waals surface area contributed by atoms with Crippen LogP contribution in [-0.2, 0) is 35.6 Å². The first-order valence-electron chi connectivity index (χ1n) is 15.7. The van der Waals surface area contributed by atoms with E-state index in [1.165, 1.54) is 12.1 Å². The number of benzene rings is 2. The summed E-state index contributed by atoms with van der Waals surface area (Å²) in [5.74, 6) is 0.377. The molecule has 47 heavy (non-hydrogen) atoms. The third-order valence-corrected chi connectivity index (χ3v) is 7.99. The summed E-state index contributed by atoms with van der Waals surface area (Å²) in [6.45, 7) is 7.58. The van der Waals surface area contributed by atoms with Crippen molar-refractivity contribution in [3.8, 4) is 11.3 Å². The van der Waals surface area contributed by atoms with E-state index in [1.807, 2.05) is 32.9 Å². The Morgan fingerprint density at radius 2 is 1.74 bits per heavy atom. The van der Waals surface area contributed by atoms with Gasteiger partial charge >= 0.3 is 12.3 Å². The number of rotatable bonds is 8. The molecule has 3 N–H and O–H groups in total. The monoisotopic (exact) mass is 651 g/mol. The fourth-order valence-electron chi connectivity index (χ4n) is 5.77. The lowest BCUT2D eigenvalue weighted by molar-refractivity contribution is -0.137. The van der Waals surface area contributed by atoms with Crippen molar-refractivity contribution in [2.24, 2.45) is 7.05 Å². The molecule has 2 aromatic carbocycles. The summed E-state index contributed by atoms with van der Waals surface area (Å²) in [5, 5.41) is 14.4. The summed E-state index contributed by atoms with van der Waals surface area (Å²) >= 11 is 0. The first kappa shape index (κ1) is 33.7. The zero-order chi connectivity index (χ0) is 33.9. The molecule has 0 aliphatic heterocycles. The van der Waals surface area contributed by atoms with Crippen LogP contribution in [0.3, 0.4) is 0 Å². The van der Waals surface area contributed by atoms with Crippen LogP contribution < -0.4 is 16.0 Å². The highest BCUT2D eigenvalue weighted by molar-refractivity contribution is 5.92. The maximum Gasteiger partial charge on any atom is 0.416 e. The summed E-state index contributed by atoms with van der Waals surface area (Å²) in [4.78, 5) is 34.2. The van der Waals surface area contributed by atoms with Crippen molar-refractivity contribution in [2.75, 3.05) is 10.6 Å². The number of anilines is 2. The number of nitrogens with zero attached hydrogens (tertiary/aromatic N) is 4. The topological polar surface area (TPSA) is 123 Å². The molecule has 1 aliphatic carbocycles. The van der Waals surface area contributed by atoms with Crippen molar-refractivity contribution in [2.45, 2.75) is 90.1 Å². The van der Waals surface area contributed by atoms with Gasteiger partial charge in [0.2, 0.25) is 11.9 Å². The largest absolute Gasteiger partial charge is 0.444 e. The van der Waals surface area contributed by atoms with Gasteiger partial charge in [-0.25, -0.2) is 14.8 Å². The van der Waals surface area contributed by atoms with Crippen molar-refractivity contribution in [1.29, 1.82) is 0 Å². The molecular formula is C34H40F3N7O3. The van der Waals surface area contributed by atoms with Crippen molar-refractivity contribution in [3.05, 3.63) is 65.4 Å². The van der Waals surface area contributed by atoms with Crippen LogP contribution >= 0.6 is 0 Å². The molecule has 0 bridgehead atoms. The summed E-state index contributed by atoms with van der Waals surface area (Å²) in [6, 6.07) is 10.7. The van der Waals surface area contributed by atoms with E-state index < -0.39 is 23.2 Å². The van der Waals surface area contributed by atoms with Crippen LogP contribution in [0.1, 0.15) is 70.1 Å². The van der Waals surface area contributed by atoms with Crippen molar-refractivity contribution in [1.82, 2.24) is 25.1 Å². The zero-order valence-corrected chi connectivity index (χ0v) is 27.2. The number of nitrogens with one attached hydrogen (secondary N) is 3. The van der Waals surface area contributed by atoms with Gasteiger partial charge in [0.1, 0.15) is 5.60 Å². The second-order valence-corrected chi connectivity index (χ2v) is 12.9. The van der Waals surface area contributed by atoms with Crippen LogP contribution in [0.2, 0.25) is 0 Å². The highest BCUT2D eigenvalue weighted by atomic mass is 19.4. The quantitative estimate of drug-likeness (QED) is 0.187. The molecule has 1 aliphatic rings. The SMILES string of the molecule is CCc1cc(-c2cc(NC(=O)Cc3cccc(C(F)(F)F)c3)nn2C)cc2cnc(N[C@H]3CC[C@H](NC(=O)OC(C)(C)C)CC3)nc12. The van der Waals surface area contributed by atoms with Gasteiger partial charge in [-0.2, -0.15) is 18.3 Å². The van der Waals surface area contributed by atoms with Crippen LogP contribution in [0.25, 0.3) is 22.2 Å². The van der Waals surface area contributed by atoms with Gasteiger partial charge in [0.15, 0.2) is 5.82 Å². The third-order valence-electron chi connectivity index (χ3n) is 7.99. The van der Waals surface area contributed by atoms with E-state index >= 15 is 0 Å². The number of fused-ring (bicyclic) bond motifs is 1. The molecular weight excluding hydrogens is 611 g/mol. The number of aromatic nitrogens is 4. The molecule has 4 aromatic rings. The highest BCUT2D eigenvalue weighted by Gasteiger charge is 2.30. The lowest BCUT2D eigenvalue weighted by Crippen LogP contribution is -2.42. The maximum atomic E-state index is 13.1. The number of hydrogen-bond donors (Lipinski definition) is 3. The average Bonchev–Trinajstić information content (AvgIpc) is 3.35. The number of amides is 2. The smallest absolute Gasteiger partial charge is 0.416 e. The van der Waals surface area contributed by atoms with Crippen LogP contribution in [0, 0.1) is 0 Å². The van der Waals surface area contributed by atoms with Gasteiger partial charge in [0.05, 0.1) is 23.2 Å². The molecule has 2 amide bonds. The van der Waals surface area contributed by atoms with Gasteiger partial charge in [0, 0.05) is 42.3 Å². The van der Waals surface area contributed by atoms with Crippen LogP contribution in [0.15, 0.2) is 48.7 Å². The van der Waals surface area contributed by atoms with Gasteiger partial charge in [-0.15, -0.1) is 0 Å². The zero-order valence-electron chi connectivity index (χ0n) is 27.2. The van der Waals surface area contributed by atoms with E-state index in [0.29, 0.717) is 11.8 Å². The molecule has 2 heterocycles. The number of ether oxygens (including phenoxy) is 1. The normalized spacial score (nSPS) is 16.9. The molecule has 13 heteroatoms. The van der Waals surface area contributed by atoms with Crippen molar-refractivity contribution < 1.29 is 27.5 Å². The van der Waals surface area contributed by atoms with Crippen molar-refractivity contribution >= 4 is 34.7 Å². The van der Waals surface area contributed by atoms with Gasteiger partial charge in [-0.05, 0) is 82.2 Å². The van der Waals surface area contributed by atoms with E-state index in [4.69, 9.17) is 9.72 Å². The number of halogens is 3. The molecule has 0 atom stereocenters. The molecule has 0 unspecified atom stereocenters. The molecule has 10 nitrogen and oxygen atoms in total. The average molecular weight is 652 g/mol. The van der Waals surface area contributed by atoms with Gasteiger partial charge in [0.25, 0.3) is 0 Å². The number of hydrogen-bond acceptors (Lipinski definition) is 7. The minimum absolute atomic E-state index is 0.0710. The Kier molecular flexibility index (Phi) is 9.73. The number of alkyl carbamates (subject to hydrolysis) is 1. The van der Waals surface area contributed by atoms with E-state index in [-0.39, 0.29) is 30.2 Å². The van der Waals surface area contributed by atoms with Crippen molar-refractivity contribution in [3.63, 3.8) is 0 Å². The molecule has 1 saturated carbocycles. The first-order chi connectivity index (χ1) is 22.2. The Morgan fingerprint density at radius 3 is 2.43 bits per heavy atom. The van der Waals surface area contributed by atoms with Gasteiger partial charge < -0.3 is 20.7 Å². The molecule has 0 saturated heterocycles. The predicted octanol–water partition coefficient (Wildman–Crippen LogP) is 7.04. The Labute approximate surface area is 271 Å². The predicted molar refractivity (Wildman–Crippen MR) is 174 cm³/mol. The number of carbonyl (C=O) groups is 2. The lowest BCUT2D eigenvalue weighted by atomic mass is 9.91. The molecule has 5 rings (SSSR count). The highest BCUT2D eigenvalue weighted by Crippen LogP contribution is 2.31. The standard InChI is InChI=1S/C34H40F3N7O3/c1-6-21-16-22(27-18-28(43-44(27)5)41-29(45)15-20-8-7-9-24(14-20)34(35,36)37)17-23-19-38-31(42-30(21)23)39-25-10-12-26(13-11-25)40-32(46)47-33(2,3)4/h7-9,14,16-19,25-26H,6,10-13,15H2,1-5H3,(H,40,46)(H,38,39,42)(H,41,43,45)/t25-,26-. The minimum Gasteiger partial charge on any atom is -0.444 e.